The third-order valence-electron chi connectivity index (χ3n) is 5.44. The van der Waals surface area contributed by atoms with E-state index in [0.717, 1.165) is 41.3 Å². The van der Waals surface area contributed by atoms with E-state index in [9.17, 15) is 4.79 Å². The summed E-state index contributed by atoms with van der Waals surface area (Å²) in [6.07, 6.45) is 5.49. The fourth-order valence-corrected chi connectivity index (χ4v) is 3.41. The Balaban J connectivity index is 1.27. The van der Waals surface area contributed by atoms with Crippen LogP contribution in [0.25, 0.3) is 11.3 Å². The van der Waals surface area contributed by atoms with E-state index < -0.39 is 0 Å². The number of amides is 1. The number of anilines is 4. The molecule has 3 N–H and O–H groups in total. The lowest BCUT2D eigenvalue weighted by Crippen LogP contribution is -2.13. The first kappa shape index (κ1) is 21.5. The number of aryl methyl sites for hydroxylation is 1. The molecule has 170 valence electrons. The van der Waals surface area contributed by atoms with Crippen LogP contribution in [0, 0.1) is 6.92 Å². The van der Waals surface area contributed by atoms with E-state index in [1.54, 1.807) is 30.7 Å². The van der Waals surface area contributed by atoms with Crippen molar-refractivity contribution in [3.05, 3.63) is 90.4 Å². The number of carbonyl (C=O) groups excluding carboxylic acids is 1. The number of epoxide rings is 1. The molecule has 2 aromatic heterocycles. The molecule has 2 aromatic carbocycles. The summed E-state index contributed by atoms with van der Waals surface area (Å²) in [6.45, 7) is 3.57. The molecule has 1 aliphatic rings. The molecule has 0 aliphatic carbocycles. The molecule has 34 heavy (non-hydrogen) atoms. The number of benzene rings is 2. The molecule has 8 heteroatoms. The van der Waals surface area contributed by atoms with E-state index in [-0.39, 0.29) is 5.91 Å². The van der Waals surface area contributed by atoms with Crippen molar-refractivity contribution in [3.63, 3.8) is 0 Å². The van der Waals surface area contributed by atoms with Gasteiger partial charge in [-0.15, -0.1) is 0 Å². The third kappa shape index (κ3) is 5.36. The number of nitrogens with zero attached hydrogens (tertiary/aromatic N) is 3. The van der Waals surface area contributed by atoms with E-state index in [1.807, 2.05) is 55.5 Å². The second kappa shape index (κ2) is 9.68. The predicted molar refractivity (Wildman–Crippen MR) is 132 cm³/mol. The van der Waals surface area contributed by atoms with Gasteiger partial charge in [0, 0.05) is 53.3 Å². The quantitative estimate of drug-likeness (QED) is 0.334. The lowest BCUT2D eigenvalue weighted by molar-refractivity contribution is 0.102. The Bertz CT molecular complexity index is 1290. The summed E-state index contributed by atoms with van der Waals surface area (Å²) in [4.78, 5) is 25.8. The molecule has 8 nitrogen and oxygen atoms in total. The highest BCUT2D eigenvalue weighted by Gasteiger charge is 2.21. The molecule has 4 aromatic rings. The number of carbonyl (C=O) groups is 1. The molecule has 1 aliphatic heterocycles. The van der Waals surface area contributed by atoms with Crippen LogP contribution in [0.5, 0.6) is 0 Å². The van der Waals surface area contributed by atoms with Crippen LogP contribution in [-0.2, 0) is 4.74 Å². The highest BCUT2D eigenvalue weighted by molar-refractivity contribution is 6.04. The van der Waals surface area contributed by atoms with Crippen molar-refractivity contribution < 1.29 is 9.53 Å². The van der Waals surface area contributed by atoms with Crippen molar-refractivity contribution in [1.82, 2.24) is 15.0 Å². The molecule has 0 saturated carbocycles. The number of hydrogen-bond acceptors (Lipinski definition) is 7. The van der Waals surface area contributed by atoms with E-state index in [1.165, 1.54) is 0 Å². The highest BCUT2D eigenvalue weighted by Crippen LogP contribution is 2.25. The van der Waals surface area contributed by atoms with Crippen molar-refractivity contribution >= 4 is 28.9 Å². The average molecular weight is 453 g/mol. The topological polar surface area (TPSA) is 104 Å². The smallest absolute Gasteiger partial charge is 0.255 e. The summed E-state index contributed by atoms with van der Waals surface area (Å²) in [5.74, 6) is 0.286. The molecular formula is C26H24N6O2. The standard InChI is InChI=1S/C26H24N6O2/c1-17-4-7-21(30-25(33)18-5-8-20(9-6-18)29-15-22-16-34-22)13-24(17)32-26-28-12-10-23(31-26)19-3-2-11-27-14-19/h2-14,22,29H,15-16H2,1H3,(H,30,33)(H,28,31,32). The zero-order chi connectivity index (χ0) is 23.3. The van der Waals surface area contributed by atoms with E-state index in [2.05, 4.69) is 30.9 Å². The Kier molecular flexibility index (Phi) is 6.13. The molecule has 0 radical (unpaired) electrons. The van der Waals surface area contributed by atoms with Crippen molar-refractivity contribution in [2.75, 3.05) is 29.1 Å². The summed E-state index contributed by atoms with van der Waals surface area (Å²) in [6, 6.07) is 18.7. The molecule has 1 atom stereocenters. The fourth-order valence-electron chi connectivity index (χ4n) is 3.41. The van der Waals surface area contributed by atoms with Crippen LogP contribution >= 0.6 is 0 Å². The van der Waals surface area contributed by atoms with Crippen LogP contribution in [0.15, 0.2) is 79.3 Å². The molecule has 0 bridgehead atoms. The zero-order valence-electron chi connectivity index (χ0n) is 18.7. The summed E-state index contributed by atoms with van der Waals surface area (Å²) < 4.78 is 5.20. The highest BCUT2D eigenvalue weighted by atomic mass is 16.6. The van der Waals surface area contributed by atoms with Gasteiger partial charge in [-0.05, 0) is 67.1 Å². The second-order valence-electron chi connectivity index (χ2n) is 8.03. The van der Waals surface area contributed by atoms with E-state index in [0.29, 0.717) is 23.3 Å². The Morgan fingerprint density at radius 2 is 1.88 bits per heavy atom. The van der Waals surface area contributed by atoms with Gasteiger partial charge in [0.15, 0.2) is 0 Å². The van der Waals surface area contributed by atoms with Gasteiger partial charge in [-0.2, -0.15) is 0 Å². The van der Waals surface area contributed by atoms with Gasteiger partial charge < -0.3 is 20.7 Å². The van der Waals surface area contributed by atoms with E-state index >= 15 is 0 Å². The number of ether oxygens (including phenoxy) is 1. The first-order valence-corrected chi connectivity index (χ1v) is 11.0. The van der Waals surface area contributed by atoms with E-state index in [4.69, 9.17) is 4.74 Å². The molecule has 1 amide bonds. The van der Waals surface area contributed by atoms with Crippen LogP contribution in [0.1, 0.15) is 15.9 Å². The Morgan fingerprint density at radius 3 is 2.65 bits per heavy atom. The molecule has 3 heterocycles. The Hall–Kier alpha value is -4.30. The number of hydrogen-bond donors (Lipinski definition) is 3. The summed E-state index contributed by atoms with van der Waals surface area (Å²) in [5, 5.41) is 9.51. The predicted octanol–water partition coefficient (Wildman–Crippen LogP) is 4.65. The van der Waals surface area contributed by atoms with Crippen molar-refractivity contribution in [2.24, 2.45) is 0 Å². The second-order valence-corrected chi connectivity index (χ2v) is 8.03. The molecule has 1 saturated heterocycles. The van der Waals surface area contributed by atoms with Gasteiger partial charge in [-0.1, -0.05) is 6.07 Å². The van der Waals surface area contributed by atoms with Crippen molar-refractivity contribution in [1.29, 1.82) is 0 Å². The van der Waals surface area contributed by atoms with Gasteiger partial charge in [0.25, 0.3) is 5.91 Å². The van der Waals surface area contributed by atoms with Crippen molar-refractivity contribution in [2.45, 2.75) is 13.0 Å². The molecule has 1 fully saturated rings. The Morgan fingerprint density at radius 1 is 1.06 bits per heavy atom. The monoisotopic (exact) mass is 452 g/mol. The van der Waals surface area contributed by atoms with Crippen LogP contribution in [0.2, 0.25) is 0 Å². The molecule has 0 spiro atoms. The first-order chi connectivity index (χ1) is 16.6. The number of pyridine rings is 1. The minimum absolute atomic E-state index is 0.179. The maximum atomic E-state index is 12.8. The van der Waals surface area contributed by atoms with Gasteiger partial charge >= 0.3 is 0 Å². The normalized spacial score (nSPS) is 14.3. The van der Waals surface area contributed by atoms with Crippen LogP contribution < -0.4 is 16.0 Å². The maximum absolute atomic E-state index is 12.8. The Labute approximate surface area is 197 Å². The van der Waals surface area contributed by atoms with Gasteiger partial charge in [-0.25, -0.2) is 9.97 Å². The van der Waals surface area contributed by atoms with Crippen molar-refractivity contribution in [3.8, 4) is 11.3 Å². The van der Waals surface area contributed by atoms with Gasteiger partial charge in [0.2, 0.25) is 5.95 Å². The first-order valence-electron chi connectivity index (χ1n) is 11.0. The zero-order valence-corrected chi connectivity index (χ0v) is 18.7. The van der Waals surface area contributed by atoms with Crippen LogP contribution in [0.4, 0.5) is 23.0 Å². The molecule has 5 rings (SSSR count). The lowest BCUT2D eigenvalue weighted by Gasteiger charge is -2.12. The van der Waals surface area contributed by atoms with Crippen LogP contribution in [-0.4, -0.2) is 40.1 Å². The average Bonchev–Trinajstić information content (AvgIpc) is 3.70. The summed E-state index contributed by atoms with van der Waals surface area (Å²) in [5.41, 5.74) is 5.71. The number of nitrogens with one attached hydrogen (secondary N) is 3. The van der Waals surface area contributed by atoms with Gasteiger partial charge in [0.1, 0.15) is 0 Å². The number of rotatable bonds is 8. The number of aromatic nitrogens is 3. The molecule has 1 unspecified atom stereocenters. The summed E-state index contributed by atoms with van der Waals surface area (Å²) in [7, 11) is 0. The third-order valence-corrected chi connectivity index (χ3v) is 5.44. The minimum Gasteiger partial charge on any atom is -0.382 e. The maximum Gasteiger partial charge on any atom is 0.255 e. The minimum atomic E-state index is -0.179. The largest absolute Gasteiger partial charge is 0.382 e. The fraction of sp³-hybridized carbons (Fsp3) is 0.154. The lowest BCUT2D eigenvalue weighted by atomic mass is 10.1. The summed E-state index contributed by atoms with van der Waals surface area (Å²) >= 11 is 0. The van der Waals surface area contributed by atoms with Gasteiger partial charge in [0.05, 0.1) is 18.4 Å². The SMILES string of the molecule is Cc1ccc(NC(=O)c2ccc(NCC3CO3)cc2)cc1Nc1nccc(-c2cccnc2)n1. The molecular weight excluding hydrogens is 428 g/mol. The van der Waals surface area contributed by atoms with Gasteiger partial charge in [-0.3, -0.25) is 9.78 Å². The van der Waals surface area contributed by atoms with Crippen LogP contribution in [0.3, 0.4) is 0 Å².